The van der Waals surface area contributed by atoms with Gasteiger partial charge in [0, 0.05) is 5.92 Å². The second-order valence-electron chi connectivity index (χ2n) is 2.92. The summed E-state index contributed by atoms with van der Waals surface area (Å²) in [6, 6.07) is 4.32. The van der Waals surface area contributed by atoms with Crippen LogP contribution in [0.3, 0.4) is 0 Å². The number of carbonyl (C=O) groups is 1. The van der Waals surface area contributed by atoms with Gasteiger partial charge in [-0.1, -0.05) is 0 Å². The number of nitrogens with zero attached hydrogens (tertiary/aromatic N) is 1. The number of aromatic carboxylic acids is 1. The Kier molecular flexibility index (Phi) is 3.96. The fraction of sp³-hybridized carbons (Fsp3) is 0.167. The minimum absolute atomic E-state index is 0.0289. The maximum atomic E-state index is 10.9. The summed E-state index contributed by atoms with van der Waals surface area (Å²) in [4.78, 5) is 10.9. The van der Waals surface area contributed by atoms with Crippen molar-refractivity contribution in [1.82, 2.24) is 0 Å². The lowest BCUT2D eigenvalue weighted by molar-refractivity contribution is 0.0696. The molecule has 5 heteroatoms. The SMILES string of the molecule is COc1cc(C(=O)O)cc(OC)c1C#CC#N. The molecule has 0 unspecified atom stereocenters. The first kappa shape index (κ1) is 12.4. The van der Waals surface area contributed by atoms with Crippen molar-refractivity contribution in [3.8, 4) is 29.4 Å². The Hall–Kier alpha value is -2.66. The number of methoxy groups -OCH3 is 2. The minimum atomic E-state index is -1.10. The third kappa shape index (κ3) is 2.67. The summed E-state index contributed by atoms with van der Waals surface area (Å²) in [6.07, 6.45) is 0. The number of carboxylic acid groups (broad SMARTS) is 1. The van der Waals surface area contributed by atoms with Crippen LogP contribution in [0.1, 0.15) is 15.9 Å². The lowest BCUT2D eigenvalue weighted by Crippen LogP contribution is -2.01. The van der Waals surface area contributed by atoms with Crippen molar-refractivity contribution in [1.29, 1.82) is 5.26 Å². The molecule has 0 aromatic heterocycles. The van der Waals surface area contributed by atoms with Gasteiger partial charge in [0.05, 0.1) is 19.8 Å². The van der Waals surface area contributed by atoms with Crippen LogP contribution in [0.25, 0.3) is 0 Å². The first-order chi connectivity index (χ1) is 8.13. The van der Waals surface area contributed by atoms with Gasteiger partial charge in [-0.2, -0.15) is 5.26 Å². The standard InChI is InChI=1S/C12H9NO4/c1-16-10-6-8(12(14)15)7-11(17-2)9(10)4-3-5-13/h6-7H,1-2H3,(H,14,15). The smallest absolute Gasteiger partial charge is 0.335 e. The molecule has 0 amide bonds. The molecule has 0 aliphatic carbocycles. The summed E-state index contributed by atoms with van der Waals surface area (Å²) >= 11 is 0. The van der Waals surface area contributed by atoms with Gasteiger partial charge in [0.1, 0.15) is 17.1 Å². The Balaban J connectivity index is 3.48. The van der Waals surface area contributed by atoms with Gasteiger partial charge in [0.25, 0.3) is 0 Å². The summed E-state index contributed by atoms with van der Waals surface area (Å²) in [5.74, 6) is 4.17. The van der Waals surface area contributed by atoms with Crippen molar-refractivity contribution in [2.45, 2.75) is 0 Å². The number of nitriles is 1. The van der Waals surface area contributed by atoms with Crippen molar-refractivity contribution in [2.24, 2.45) is 0 Å². The van der Waals surface area contributed by atoms with Crippen LogP contribution in [-0.4, -0.2) is 25.3 Å². The fourth-order valence-corrected chi connectivity index (χ4v) is 1.25. The summed E-state index contributed by atoms with van der Waals surface area (Å²) in [6.45, 7) is 0. The van der Waals surface area contributed by atoms with Crippen molar-refractivity contribution < 1.29 is 19.4 Å². The Morgan fingerprint density at radius 3 is 2.18 bits per heavy atom. The molecule has 0 bridgehead atoms. The fourth-order valence-electron chi connectivity index (χ4n) is 1.25. The minimum Gasteiger partial charge on any atom is -0.495 e. The van der Waals surface area contributed by atoms with Gasteiger partial charge in [-0.25, -0.2) is 4.79 Å². The predicted octanol–water partition coefficient (Wildman–Crippen LogP) is 1.28. The Morgan fingerprint density at radius 2 is 1.82 bits per heavy atom. The summed E-state index contributed by atoms with van der Waals surface area (Å²) in [5, 5.41) is 17.3. The lowest BCUT2D eigenvalue weighted by atomic mass is 10.1. The van der Waals surface area contributed by atoms with Gasteiger partial charge in [-0.05, 0) is 18.1 Å². The van der Waals surface area contributed by atoms with E-state index in [2.05, 4.69) is 11.8 Å². The first-order valence-electron chi connectivity index (χ1n) is 4.53. The van der Waals surface area contributed by atoms with Gasteiger partial charge in [0.2, 0.25) is 0 Å². The number of rotatable bonds is 3. The van der Waals surface area contributed by atoms with E-state index in [0.717, 1.165) is 0 Å². The third-order valence-corrected chi connectivity index (χ3v) is 2.00. The monoisotopic (exact) mass is 231 g/mol. The lowest BCUT2D eigenvalue weighted by Gasteiger charge is -2.09. The van der Waals surface area contributed by atoms with Gasteiger partial charge >= 0.3 is 5.97 Å². The molecule has 0 radical (unpaired) electrons. The van der Waals surface area contributed by atoms with Crippen LogP contribution in [0, 0.1) is 23.2 Å². The van der Waals surface area contributed by atoms with E-state index in [0.29, 0.717) is 5.56 Å². The Morgan fingerprint density at radius 1 is 1.29 bits per heavy atom. The van der Waals surface area contributed by atoms with Crippen molar-refractivity contribution in [2.75, 3.05) is 14.2 Å². The summed E-state index contributed by atoms with van der Waals surface area (Å²) in [5.41, 5.74) is 0.378. The molecular weight excluding hydrogens is 222 g/mol. The quantitative estimate of drug-likeness (QED) is 0.792. The average molecular weight is 231 g/mol. The normalized spacial score (nSPS) is 8.53. The maximum absolute atomic E-state index is 10.9. The molecule has 0 aliphatic rings. The van der Waals surface area contributed by atoms with Crippen molar-refractivity contribution >= 4 is 5.97 Å². The number of ether oxygens (including phenoxy) is 2. The van der Waals surface area contributed by atoms with E-state index in [1.807, 2.05) is 0 Å². The molecule has 0 atom stereocenters. The van der Waals surface area contributed by atoms with Gasteiger partial charge in [-0.15, -0.1) is 0 Å². The van der Waals surface area contributed by atoms with E-state index in [9.17, 15) is 4.79 Å². The molecule has 0 saturated carbocycles. The van der Waals surface area contributed by atoms with E-state index in [1.165, 1.54) is 26.4 Å². The highest BCUT2D eigenvalue weighted by Gasteiger charge is 2.14. The molecule has 1 aromatic rings. The Bertz CT molecular complexity index is 521. The first-order valence-corrected chi connectivity index (χ1v) is 4.53. The molecule has 5 nitrogen and oxygen atoms in total. The topological polar surface area (TPSA) is 79.6 Å². The van der Waals surface area contributed by atoms with Crippen LogP contribution in [0.4, 0.5) is 0 Å². The zero-order chi connectivity index (χ0) is 12.8. The molecule has 1 rings (SSSR count). The molecule has 86 valence electrons. The summed E-state index contributed by atoms with van der Waals surface area (Å²) < 4.78 is 10.0. The molecule has 0 heterocycles. The molecule has 0 saturated heterocycles. The van der Waals surface area contributed by atoms with E-state index in [4.69, 9.17) is 19.8 Å². The molecule has 1 aromatic carbocycles. The highest BCUT2D eigenvalue weighted by atomic mass is 16.5. The van der Waals surface area contributed by atoms with Gasteiger partial charge in [0.15, 0.2) is 6.07 Å². The number of benzene rings is 1. The molecule has 0 spiro atoms. The van der Waals surface area contributed by atoms with Gasteiger partial charge < -0.3 is 14.6 Å². The highest BCUT2D eigenvalue weighted by Crippen LogP contribution is 2.29. The zero-order valence-corrected chi connectivity index (χ0v) is 9.27. The van der Waals surface area contributed by atoms with Crippen molar-refractivity contribution in [3.05, 3.63) is 23.3 Å². The number of hydrogen-bond acceptors (Lipinski definition) is 4. The number of hydrogen-bond donors (Lipinski definition) is 1. The molecule has 1 N–H and O–H groups in total. The van der Waals surface area contributed by atoms with Crippen LogP contribution < -0.4 is 9.47 Å². The second-order valence-corrected chi connectivity index (χ2v) is 2.92. The zero-order valence-electron chi connectivity index (χ0n) is 9.27. The third-order valence-electron chi connectivity index (χ3n) is 2.00. The molecular formula is C12H9NO4. The van der Waals surface area contributed by atoms with Crippen LogP contribution in [0.5, 0.6) is 11.5 Å². The molecule has 0 aliphatic heterocycles. The average Bonchev–Trinajstić information content (AvgIpc) is 2.34. The largest absolute Gasteiger partial charge is 0.495 e. The van der Waals surface area contributed by atoms with Crippen LogP contribution in [0.15, 0.2) is 12.1 Å². The summed E-state index contributed by atoms with van der Waals surface area (Å²) in [7, 11) is 2.77. The molecule has 0 fully saturated rings. The maximum Gasteiger partial charge on any atom is 0.335 e. The van der Waals surface area contributed by atoms with Crippen LogP contribution in [-0.2, 0) is 0 Å². The van der Waals surface area contributed by atoms with E-state index < -0.39 is 5.97 Å². The van der Waals surface area contributed by atoms with E-state index >= 15 is 0 Å². The van der Waals surface area contributed by atoms with E-state index in [1.54, 1.807) is 6.07 Å². The second kappa shape index (κ2) is 5.43. The Labute approximate surface area is 98.2 Å². The van der Waals surface area contributed by atoms with E-state index in [-0.39, 0.29) is 17.1 Å². The van der Waals surface area contributed by atoms with Crippen LogP contribution in [0.2, 0.25) is 0 Å². The molecule has 17 heavy (non-hydrogen) atoms. The number of carboxylic acids is 1. The van der Waals surface area contributed by atoms with Crippen LogP contribution >= 0.6 is 0 Å². The highest BCUT2D eigenvalue weighted by molar-refractivity contribution is 5.89. The predicted molar refractivity (Wildman–Crippen MR) is 59.0 cm³/mol. The van der Waals surface area contributed by atoms with Gasteiger partial charge in [-0.3, -0.25) is 0 Å². The van der Waals surface area contributed by atoms with Crippen molar-refractivity contribution in [3.63, 3.8) is 0 Å².